The third kappa shape index (κ3) is 1.91. The van der Waals surface area contributed by atoms with Crippen LogP contribution in [-0.2, 0) is 6.54 Å². The lowest BCUT2D eigenvalue weighted by atomic mass is 10.0. The van der Waals surface area contributed by atoms with Gasteiger partial charge in [0, 0.05) is 12.6 Å². The SMILES string of the molecule is CC1(C)C(NCc2ccc(F)c(C#N)c2)C1(C)C. The van der Waals surface area contributed by atoms with E-state index in [1.807, 2.05) is 6.07 Å². The summed E-state index contributed by atoms with van der Waals surface area (Å²) in [6, 6.07) is 7.03. The lowest BCUT2D eigenvalue weighted by Crippen LogP contribution is -2.21. The minimum absolute atomic E-state index is 0.114. The quantitative estimate of drug-likeness (QED) is 0.888. The summed E-state index contributed by atoms with van der Waals surface area (Å²) >= 11 is 0. The minimum atomic E-state index is -0.451. The molecule has 0 heterocycles. The molecular formula is C15H19FN2. The summed E-state index contributed by atoms with van der Waals surface area (Å²) < 4.78 is 13.2. The second-order valence-electron chi connectivity index (χ2n) is 6.18. The predicted octanol–water partition coefficient (Wildman–Crippen LogP) is 3.22. The van der Waals surface area contributed by atoms with Crippen molar-refractivity contribution >= 4 is 0 Å². The number of nitrogens with zero attached hydrogens (tertiary/aromatic N) is 1. The monoisotopic (exact) mass is 246 g/mol. The Labute approximate surface area is 108 Å². The summed E-state index contributed by atoms with van der Waals surface area (Å²) in [6.07, 6.45) is 0. The average molecular weight is 246 g/mol. The molecule has 0 amide bonds. The number of hydrogen-bond acceptors (Lipinski definition) is 2. The Kier molecular flexibility index (Phi) is 2.95. The van der Waals surface area contributed by atoms with Crippen LogP contribution < -0.4 is 5.32 Å². The highest BCUT2D eigenvalue weighted by Crippen LogP contribution is 2.62. The van der Waals surface area contributed by atoms with Gasteiger partial charge in [0.1, 0.15) is 11.9 Å². The predicted molar refractivity (Wildman–Crippen MR) is 69.3 cm³/mol. The van der Waals surface area contributed by atoms with Crippen LogP contribution in [0.5, 0.6) is 0 Å². The van der Waals surface area contributed by atoms with Crippen LogP contribution in [0.3, 0.4) is 0 Å². The third-order valence-electron chi connectivity index (χ3n) is 4.68. The van der Waals surface area contributed by atoms with Crippen molar-refractivity contribution in [3.8, 4) is 6.07 Å². The molecule has 1 saturated carbocycles. The average Bonchev–Trinajstić information content (AvgIpc) is 2.69. The smallest absolute Gasteiger partial charge is 0.140 e. The largest absolute Gasteiger partial charge is 0.309 e. The van der Waals surface area contributed by atoms with Crippen LogP contribution in [0.4, 0.5) is 4.39 Å². The minimum Gasteiger partial charge on any atom is -0.309 e. The van der Waals surface area contributed by atoms with Crippen molar-refractivity contribution in [2.24, 2.45) is 10.8 Å². The number of halogens is 1. The van der Waals surface area contributed by atoms with E-state index in [4.69, 9.17) is 5.26 Å². The molecule has 0 saturated heterocycles. The maximum Gasteiger partial charge on any atom is 0.140 e. The summed E-state index contributed by atoms with van der Waals surface area (Å²) in [5.74, 6) is -0.451. The highest BCUT2D eigenvalue weighted by Gasteiger charge is 2.64. The lowest BCUT2D eigenvalue weighted by molar-refractivity contribution is 0.457. The first-order valence-electron chi connectivity index (χ1n) is 6.22. The fraction of sp³-hybridized carbons (Fsp3) is 0.533. The Bertz CT molecular complexity index is 498. The topological polar surface area (TPSA) is 35.8 Å². The Morgan fingerprint density at radius 1 is 1.28 bits per heavy atom. The van der Waals surface area contributed by atoms with Gasteiger partial charge in [-0.3, -0.25) is 0 Å². The van der Waals surface area contributed by atoms with Crippen LogP contribution in [0.1, 0.15) is 38.8 Å². The van der Waals surface area contributed by atoms with Gasteiger partial charge in [0.25, 0.3) is 0 Å². The first-order chi connectivity index (χ1) is 8.30. The first kappa shape index (κ1) is 13.0. The highest BCUT2D eigenvalue weighted by molar-refractivity contribution is 5.34. The van der Waals surface area contributed by atoms with E-state index in [1.54, 1.807) is 12.1 Å². The molecule has 1 N–H and O–H groups in total. The number of hydrogen-bond donors (Lipinski definition) is 1. The Morgan fingerprint density at radius 3 is 2.39 bits per heavy atom. The van der Waals surface area contributed by atoms with E-state index in [-0.39, 0.29) is 16.4 Å². The van der Waals surface area contributed by atoms with E-state index in [2.05, 4.69) is 33.0 Å². The molecule has 2 nitrogen and oxygen atoms in total. The zero-order chi connectivity index (χ0) is 13.6. The molecule has 0 spiro atoms. The lowest BCUT2D eigenvalue weighted by Gasteiger charge is -2.07. The van der Waals surface area contributed by atoms with Gasteiger partial charge in [-0.25, -0.2) is 4.39 Å². The van der Waals surface area contributed by atoms with Gasteiger partial charge in [-0.05, 0) is 28.5 Å². The van der Waals surface area contributed by atoms with Crippen LogP contribution in [0.25, 0.3) is 0 Å². The molecule has 1 aromatic carbocycles. The molecule has 1 aliphatic carbocycles. The molecule has 0 radical (unpaired) electrons. The summed E-state index contributed by atoms with van der Waals surface area (Å²) in [7, 11) is 0. The fourth-order valence-electron chi connectivity index (χ4n) is 2.69. The molecule has 0 unspecified atom stereocenters. The molecule has 1 aromatic rings. The molecule has 1 aliphatic rings. The maximum atomic E-state index is 13.2. The Balaban J connectivity index is 2.03. The van der Waals surface area contributed by atoms with Gasteiger partial charge in [0.05, 0.1) is 5.56 Å². The standard InChI is InChI=1S/C15H19FN2/c1-14(2)13(15(14,3)4)18-9-10-5-6-12(16)11(7-10)8-17/h5-7,13,18H,9H2,1-4H3. The number of nitriles is 1. The molecule has 18 heavy (non-hydrogen) atoms. The summed E-state index contributed by atoms with van der Waals surface area (Å²) in [4.78, 5) is 0. The third-order valence-corrected chi connectivity index (χ3v) is 4.68. The van der Waals surface area contributed by atoms with Gasteiger partial charge in [-0.1, -0.05) is 33.8 Å². The fourth-order valence-corrected chi connectivity index (χ4v) is 2.69. The van der Waals surface area contributed by atoms with Gasteiger partial charge < -0.3 is 5.32 Å². The molecule has 96 valence electrons. The van der Waals surface area contributed by atoms with Gasteiger partial charge in [0.15, 0.2) is 0 Å². The molecule has 3 heteroatoms. The van der Waals surface area contributed by atoms with Crippen LogP contribution in [-0.4, -0.2) is 6.04 Å². The second-order valence-corrected chi connectivity index (χ2v) is 6.18. The summed E-state index contributed by atoms with van der Waals surface area (Å²) in [5.41, 5.74) is 1.63. The van der Waals surface area contributed by atoms with Gasteiger partial charge >= 0.3 is 0 Å². The number of benzene rings is 1. The van der Waals surface area contributed by atoms with Crippen LogP contribution in [0.15, 0.2) is 18.2 Å². The van der Waals surface area contributed by atoms with Crippen LogP contribution in [0.2, 0.25) is 0 Å². The first-order valence-corrected chi connectivity index (χ1v) is 6.22. The zero-order valence-electron chi connectivity index (χ0n) is 11.3. The van der Waals surface area contributed by atoms with Crippen molar-refractivity contribution in [2.45, 2.75) is 40.3 Å². The number of rotatable bonds is 3. The molecule has 2 rings (SSSR count). The molecular weight excluding hydrogens is 227 g/mol. The molecule has 0 aliphatic heterocycles. The van der Waals surface area contributed by atoms with Gasteiger partial charge in [-0.15, -0.1) is 0 Å². The normalized spacial score (nSPS) is 20.4. The van der Waals surface area contributed by atoms with Crippen molar-refractivity contribution < 1.29 is 4.39 Å². The van der Waals surface area contributed by atoms with Crippen molar-refractivity contribution in [1.82, 2.24) is 5.32 Å². The van der Waals surface area contributed by atoms with Gasteiger partial charge in [0.2, 0.25) is 0 Å². The van der Waals surface area contributed by atoms with Crippen LogP contribution >= 0.6 is 0 Å². The molecule has 0 bridgehead atoms. The highest BCUT2D eigenvalue weighted by atomic mass is 19.1. The van der Waals surface area contributed by atoms with E-state index in [0.717, 1.165) is 5.56 Å². The molecule has 0 aromatic heterocycles. The van der Waals surface area contributed by atoms with Crippen molar-refractivity contribution in [3.05, 3.63) is 35.1 Å². The molecule has 1 fully saturated rings. The Hall–Kier alpha value is -1.40. The summed E-state index contributed by atoms with van der Waals surface area (Å²) in [5, 5.41) is 12.3. The van der Waals surface area contributed by atoms with E-state index < -0.39 is 5.82 Å². The Morgan fingerprint density at radius 2 is 1.89 bits per heavy atom. The number of nitrogens with one attached hydrogen (secondary N) is 1. The van der Waals surface area contributed by atoms with E-state index >= 15 is 0 Å². The van der Waals surface area contributed by atoms with Crippen molar-refractivity contribution in [2.75, 3.05) is 0 Å². The van der Waals surface area contributed by atoms with E-state index in [0.29, 0.717) is 12.6 Å². The maximum absolute atomic E-state index is 13.2. The van der Waals surface area contributed by atoms with E-state index in [1.165, 1.54) is 6.07 Å². The zero-order valence-corrected chi connectivity index (χ0v) is 11.3. The second kappa shape index (κ2) is 4.07. The van der Waals surface area contributed by atoms with Crippen molar-refractivity contribution in [3.63, 3.8) is 0 Å². The van der Waals surface area contributed by atoms with Crippen LogP contribution in [0, 0.1) is 28.0 Å². The summed E-state index contributed by atoms with van der Waals surface area (Å²) in [6.45, 7) is 9.66. The van der Waals surface area contributed by atoms with Crippen molar-refractivity contribution in [1.29, 1.82) is 5.26 Å². The van der Waals surface area contributed by atoms with Gasteiger partial charge in [-0.2, -0.15) is 5.26 Å². The van der Waals surface area contributed by atoms with E-state index in [9.17, 15) is 4.39 Å². The molecule has 0 atom stereocenters.